The van der Waals surface area contributed by atoms with Gasteiger partial charge in [0.1, 0.15) is 0 Å². The molecule has 0 aliphatic carbocycles. The van der Waals surface area contributed by atoms with Crippen molar-refractivity contribution in [1.82, 2.24) is 15.2 Å². The van der Waals surface area contributed by atoms with Gasteiger partial charge in [0, 0.05) is 32.6 Å². The molecule has 1 rings (SSSR count). The lowest BCUT2D eigenvalue weighted by molar-refractivity contribution is -0.121. The number of carbonyl (C=O) groups is 1. The number of hydrazine groups is 1. The van der Waals surface area contributed by atoms with Crippen molar-refractivity contribution in [2.45, 2.75) is 12.8 Å². The molecule has 1 fully saturated rings. The summed E-state index contributed by atoms with van der Waals surface area (Å²) in [5.41, 5.74) is 2.14. The van der Waals surface area contributed by atoms with Gasteiger partial charge >= 0.3 is 0 Å². The van der Waals surface area contributed by atoms with Crippen LogP contribution in [0.1, 0.15) is 12.8 Å². The first-order chi connectivity index (χ1) is 7.76. The van der Waals surface area contributed by atoms with Crippen LogP contribution in [0.4, 0.5) is 0 Å². The molecule has 6 nitrogen and oxygen atoms in total. The lowest BCUT2D eigenvalue weighted by Crippen LogP contribution is -2.36. The number of β-amino-alcohol motifs (C(OH)–C–C–N with tert-alkyl or cyclic N) is 1. The molecule has 1 heterocycles. The van der Waals surface area contributed by atoms with Crippen molar-refractivity contribution in [1.29, 1.82) is 0 Å². The summed E-state index contributed by atoms with van der Waals surface area (Å²) in [5.74, 6) is 4.91. The van der Waals surface area contributed by atoms with Gasteiger partial charge in [0.15, 0.2) is 0 Å². The minimum atomic E-state index is -0.114. The maximum absolute atomic E-state index is 11.0. The molecule has 4 N–H and O–H groups in total. The topological polar surface area (TPSA) is 81.8 Å². The Morgan fingerprint density at radius 2 is 1.81 bits per heavy atom. The maximum atomic E-state index is 11.0. The number of rotatable bonds is 5. The Morgan fingerprint density at radius 1 is 1.19 bits per heavy atom. The molecule has 1 saturated heterocycles. The molecule has 0 aromatic heterocycles. The molecule has 1 aliphatic heterocycles. The lowest BCUT2D eigenvalue weighted by atomic mass is 10.3. The van der Waals surface area contributed by atoms with Crippen LogP contribution in [0, 0.1) is 0 Å². The number of aliphatic hydroxyl groups excluding tert-OH is 1. The molecule has 0 saturated carbocycles. The van der Waals surface area contributed by atoms with Gasteiger partial charge in [0.25, 0.3) is 0 Å². The number of nitrogens with one attached hydrogen (secondary N) is 1. The monoisotopic (exact) mass is 230 g/mol. The Morgan fingerprint density at radius 3 is 2.38 bits per heavy atom. The van der Waals surface area contributed by atoms with E-state index in [9.17, 15) is 4.79 Å². The smallest absolute Gasteiger partial charge is 0.235 e. The summed E-state index contributed by atoms with van der Waals surface area (Å²) in [6, 6.07) is 0. The molecule has 94 valence electrons. The highest BCUT2D eigenvalue weighted by Gasteiger charge is 2.14. The summed E-state index contributed by atoms with van der Waals surface area (Å²) in [4.78, 5) is 15.5. The second-order valence-corrected chi connectivity index (χ2v) is 4.08. The quantitative estimate of drug-likeness (QED) is 0.300. The van der Waals surface area contributed by atoms with Crippen molar-refractivity contribution in [2.75, 3.05) is 45.9 Å². The molecular formula is C10H22N4O2. The van der Waals surface area contributed by atoms with E-state index in [1.165, 1.54) is 0 Å². The average molecular weight is 230 g/mol. The summed E-state index contributed by atoms with van der Waals surface area (Å²) in [6.07, 6.45) is 1.54. The number of amides is 1. The van der Waals surface area contributed by atoms with Crippen LogP contribution in [0.5, 0.6) is 0 Å². The molecule has 6 heteroatoms. The summed E-state index contributed by atoms with van der Waals surface area (Å²) < 4.78 is 0. The second kappa shape index (κ2) is 7.56. The molecule has 0 bridgehead atoms. The van der Waals surface area contributed by atoms with E-state index in [-0.39, 0.29) is 12.5 Å². The van der Waals surface area contributed by atoms with Crippen LogP contribution in [-0.4, -0.2) is 66.7 Å². The van der Waals surface area contributed by atoms with E-state index in [1.807, 2.05) is 0 Å². The van der Waals surface area contributed by atoms with Gasteiger partial charge in [-0.1, -0.05) is 0 Å². The summed E-state index contributed by atoms with van der Waals surface area (Å²) in [5, 5.41) is 8.86. The highest BCUT2D eigenvalue weighted by molar-refractivity contribution is 5.75. The van der Waals surface area contributed by atoms with E-state index in [0.717, 1.165) is 45.7 Å². The number of nitrogens with two attached hydrogens (primary N) is 1. The molecule has 0 spiro atoms. The van der Waals surface area contributed by atoms with Crippen LogP contribution in [0.15, 0.2) is 0 Å². The number of nitrogens with zero attached hydrogens (tertiary/aromatic N) is 2. The summed E-state index contributed by atoms with van der Waals surface area (Å²) in [6.45, 7) is 5.69. The van der Waals surface area contributed by atoms with Gasteiger partial charge in [-0.3, -0.25) is 15.1 Å². The third-order valence-electron chi connectivity index (χ3n) is 2.91. The van der Waals surface area contributed by atoms with Crippen LogP contribution in [0.3, 0.4) is 0 Å². The lowest BCUT2D eigenvalue weighted by Gasteiger charge is -2.20. The fourth-order valence-corrected chi connectivity index (χ4v) is 1.94. The van der Waals surface area contributed by atoms with Crippen molar-refractivity contribution in [3.8, 4) is 0 Å². The number of hydrogen-bond donors (Lipinski definition) is 3. The Hall–Kier alpha value is -0.690. The van der Waals surface area contributed by atoms with Crippen LogP contribution in [-0.2, 0) is 4.79 Å². The minimum Gasteiger partial charge on any atom is -0.395 e. The molecule has 0 unspecified atom stereocenters. The van der Waals surface area contributed by atoms with E-state index in [2.05, 4.69) is 15.2 Å². The fraction of sp³-hybridized carbons (Fsp3) is 0.900. The summed E-state index contributed by atoms with van der Waals surface area (Å²) in [7, 11) is 0. The van der Waals surface area contributed by atoms with E-state index < -0.39 is 0 Å². The molecule has 0 aromatic carbocycles. The number of aliphatic hydroxyl groups is 1. The fourth-order valence-electron chi connectivity index (χ4n) is 1.94. The Labute approximate surface area is 96.4 Å². The molecule has 0 aromatic rings. The van der Waals surface area contributed by atoms with Gasteiger partial charge in [-0.2, -0.15) is 0 Å². The van der Waals surface area contributed by atoms with Crippen molar-refractivity contribution in [3.63, 3.8) is 0 Å². The highest BCUT2D eigenvalue weighted by Crippen LogP contribution is 2.03. The summed E-state index contributed by atoms with van der Waals surface area (Å²) >= 11 is 0. The Balaban J connectivity index is 2.22. The zero-order valence-corrected chi connectivity index (χ0v) is 9.69. The minimum absolute atomic E-state index is 0.114. The van der Waals surface area contributed by atoms with Gasteiger partial charge in [-0.25, -0.2) is 5.84 Å². The second-order valence-electron chi connectivity index (χ2n) is 4.08. The van der Waals surface area contributed by atoms with Crippen molar-refractivity contribution < 1.29 is 9.90 Å². The van der Waals surface area contributed by atoms with Crippen molar-refractivity contribution >= 4 is 5.91 Å². The zero-order chi connectivity index (χ0) is 11.8. The van der Waals surface area contributed by atoms with Gasteiger partial charge in [0.2, 0.25) is 5.91 Å². The van der Waals surface area contributed by atoms with Gasteiger partial charge in [0.05, 0.1) is 6.61 Å². The third-order valence-corrected chi connectivity index (χ3v) is 2.91. The largest absolute Gasteiger partial charge is 0.395 e. The van der Waals surface area contributed by atoms with E-state index in [4.69, 9.17) is 10.9 Å². The molecular weight excluding hydrogens is 208 g/mol. The predicted octanol–water partition coefficient (Wildman–Crippen LogP) is -1.63. The highest BCUT2D eigenvalue weighted by atomic mass is 16.3. The third kappa shape index (κ3) is 4.89. The van der Waals surface area contributed by atoms with Gasteiger partial charge in [-0.15, -0.1) is 0 Å². The van der Waals surface area contributed by atoms with Gasteiger partial charge < -0.3 is 10.0 Å². The molecule has 0 radical (unpaired) electrons. The first-order valence-corrected chi connectivity index (χ1v) is 5.81. The molecule has 1 aliphatic rings. The molecule has 16 heavy (non-hydrogen) atoms. The van der Waals surface area contributed by atoms with Crippen molar-refractivity contribution in [2.24, 2.45) is 5.84 Å². The van der Waals surface area contributed by atoms with Crippen molar-refractivity contribution in [3.05, 3.63) is 0 Å². The maximum Gasteiger partial charge on any atom is 0.235 e. The van der Waals surface area contributed by atoms with Crippen LogP contribution in [0.2, 0.25) is 0 Å². The Bertz CT molecular complexity index is 213. The van der Waals surface area contributed by atoms with Crippen LogP contribution in [0.25, 0.3) is 0 Å². The van der Waals surface area contributed by atoms with E-state index >= 15 is 0 Å². The number of hydrogen-bond acceptors (Lipinski definition) is 5. The normalized spacial score (nSPS) is 19.4. The van der Waals surface area contributed by atoms with Gasteiger partial charge in [-0.05, 0) is 19.5 Å². The SMILES string of the molecule is NNC(=O)CCN1CCCN(CCO)CC1. The van der Waals surface area contributed by atoms with E-state index in [1.54, 1.807) is 0 Å². The first kappa shape index (κ1) is 13.4. The van der Waals surface area contributed by atoms with Crippen LogP contribution >= 0.6 is 0 Å². The first-order valence-electron chi connectivity index (χ1n) is 5.81. The average Bonchev–Trinajstić information content (AvgIpc) is 2.52. The number of carbonyl (C=O) groups excluding carboxylic acids is 1. The Kier molecular flexibility index (Phi) is 6.32. The zero-order valence-electron chi connectivity index (χ0n) is 9.69. The molecule has 0 atom stereocenters. The van der Waals surface area contributed by atoms with E-state index in [0.29, 0.717) is 6.42 Å². The van der Waals surface area contributed by atoms with Crippen LogP contribution < -0.4 is 11.3 Å². The standard InChI is InChI=1S/C10H22N4O2/c11-12-10(16)2-5-13-3-1-4-14(7-6-13)8-9-15/h15H,1-9,11H2,(H,12,16). The predicted molar refractivity (Wildman–Crippen MR) is 61.5 cm³/mol. The molecule has 1 amide bonds.